The molecule has 108 valence electrons. The molecule has 2 aromatic rings. The molecule has 0 aliphatic heterocycles. The fourth-order valence-corrected chi connectivity index (χ4v) is 2.81. The predicted molar refractivity (Wildman–Crippen MR) is 83.8 cm³/mol. The molecule has 0 spiro atoms. The minimum Gasteiger partial charge on any atom is -0.437 e. The average molecular weight is 416 g/mol. The van der Waals surface area contributed by atoms with E-state index in [4.69, 9.17) is 15.9 Å². The zero-order valence-electron chi connectivity index (χ0n) is 10.3. The molecule has 1 heterocycles. The van der Waals surface area contributed by atoms with Crippen molar-refractivity contribution in [1.82, 2.24) is 4.98 Å². The number of hydrogen-bond acceptors (Lipinski definition) is 5. The van der Waals surface area contributed by atoms with E-state index in [1.165, 1.54) is 24.4 Å². The first-order valence-corrected chi connectivity index (χ1v) is 7.09. The molecule has 1 aromatic carbocycles. The molecule has 0 aliphatic carbocycles. The quantitative estimate of drug-likeness (QED) is 0.342. The van der Waals surface area contributed by atoms with E-state index < -0.39 is 4.92 Å². The largest absolute Gasteiger partial charge is 0.437 e. The lowest BCUT2D eigenvalue weighted by Gasteiger charge is -2.09. The zero-order chi connectivity index (χ0) is 15.6. The van der Waals surface area contributed by atoms with Crippen molar-refractivity contribution in [3.05, 3.63) is 55.1 Å². The Bertz CT molecular complexity index is 713. The van der Waals surface area contributed by atoms with Crippen LogP contribution < -0.4 is 10.5 Å². The van der Waals surface area contributed by atoms with Gasteiger partial charge in [-0.15, -0.1) is 0 Å². The number of pyridine rings is 1. The van der Waals surface area contributed by atoms with Gasteiger partial charge in [0.05, 0.1) is 13.9 Å². The lowest BCUT2D eigenvalue weighted by Crippen LogP contribution is -2.11. The minimum absolute atomic E-state index is 0.0773. The summed E-state index contributed by atoms with van der Waals surface area (Å²) >= 11 is 6.43. The Morgan fingerprint density at radius 1 is 1.33 bits per heavy atom. The molecule has 9 heteroatoms. The number of aromatic nitrogens is 1. The SMILES string of the molecule is N=C(N)c1ccnc(Oc2c(Br)cc([N+](=O)[O-])cc2Br)c1. The van der Waals surface area contributed by atoms with E-state index in [0.717, 1.165) is 0 Å². The lowest BCUT2D eigenvalue weighted by molar-refractivity contribution is -0.385. The highest BCUT2D eigenvalue weighted by Crippen LogP contribution is 2.39. The third kappa shape index (κ3) is 3.56. The fourth-order valence-electron chi connectivity index (χ4n) is 1.49. The van der Waals surface area contributed by atoms with Crippen molar-refractivity contribution in [2.75, 3.05) is 0 Å². The van der Waals surface area contributed by atoms with Gasteiger partial charge < -0.3 is 10.5 Å². The minimum atomic E-state index is -0.506. The molecule has 21 heavy (non-hydrogen) atoms. The van der Waals surface area contributed by atoms with Gasteiger partial charge >= 0.3 is 0 Å². The van der Waals surface area contributed by atoms with E-state index in [2.05, 4.69) is 36.8 Å². The van der Waals surface area contributed by atoms with Crippen LogP contribution in [0.5, 0.6) is 11.6 Å². The average Bonchev–Trinajstić information content (AvgIpc) is 2.42. The topological polar surface area (TPSA) is 115 Å². The highest BCUT2D eigenvalue weighted by atomic mass is 79.9. The smallest absolute Gasteiger partial charge is 0.271 e. The van der Waals surface area contributed by atoms with E-state index in [-0.39, 0.29) is 17.4 Å². The summed E-state index contributed by atoms with van der Waals surface area (Å²) in [5.74, 6) is 0.454. The normalized spacial score (nSPS) is 10.2. The number of nitrogen functional groups attached to an aromatic ring is 1. The second-order valence-corrected chi connectivity index (χ2v) is 5.60. The van der Waals surface area contributed by atoms with Gasteiger partial charge in [-0.25, -0.2) is 4.98 Å². The standard InChI is InChI=1S/C12H8Br2N4O3/c13-8-4-7(18(19)20)5-9(14)11(8)21-10-3-6(12(15)16)1-2-17-10/h1-5H,(H3,15,16). The number of nitrogens with two attached hydrogens (primary N) is 1. The van der Waals surface area contributed by atoms with Crippen LogP contribution in [0.1, 0.15) is 5.56 Å². The summed E-state index contributed by atoms with van der Waals surface area (Å²) in [5.41, 5.74) is 5.78. The molecule has 0 saturated heterocycles. The summed E-state index contributed by atoms with van der Waals surface area (Å²) in [6.45, 7) is 0. The highest BCUT2D eigenvalue weighted by molar-refractivity contribution is 9.11. The number of rotatable bonds is 4. The van der Waals surface area contributed by atoms with Crippen molar-refractivity contribution in [2.24, 2.45) is 5.73 Å². The van der Waals surface area contributed by atoms with Crippen LogP contribution in [0.4, 0.5) is 5.69 Å². The molecule has 3 N–H and O–H groups in total. The first kappa shape index (κ1) is 15.4. The van der Waals surface area contributed by atoms with Crippen molar-refractivity contribution in [1.29, 1.82) is 5.41 Å². The number of ether oxygens (including phenoxy) is 1. The number of non-ortho nitro benzene ring substituents is 1. The molecule has 7 nitrogen and oxygen atoms in total. The third-order valence-electron chi connectivity index (χ3n) is 2.45. The monoisotopic (exact) mass is 414 g/mol. The van der Waals surface area contributed by atoms with E-state index in [0.29, 0.717) is 20.3 Å². The van der Waals surface area contributed by atoms with E-state index >= 15 is 0 Å². The number of nitro groups is 1. The Kier molecular flexibility index (Phi) is 4.53. The first-order chi connectivity index (χ1) is 9.88. The fraction of sp³-hybridized carbons (Fsp3) is 0. The van der Waals surface area contributed by atoms with Gasteiger partial charge in [-0.3, -0.25) is 15.5 Å². The summed E-state index contributed by atoms with van der Waals surface area (Å²) in [6, 6.07) is 5.74. The Balaban J connectivity index is 2.38. The number of halogens is 2. The Hall–Kier alpha value is -2.00. The molecular formula is C12H8Br2N4O3. The van der Waals surface area contributed by atoms with Crippen LogP contribution >= 0.6 is 31.9 Å². The number of benzene rings is 1. The molecule has 0 fully saturated rings. The lowest BCUT2D eigenvalue weighted by atomic mass is 10.2. The van der Waals surface area contributed by atoms with E-state index in [1.807, 2.05) is 0 Å². The van der Waals surface area contributed by atoms with Crippen LogP contribution in [0.3, 0.4) is 0 Å². The van der Waals surface area contributed by atoms with Gasteiger partial charge in [0.2, 0.25) is 5.88 Å². The van der Waals surface area contributed by atoms with Gasteiger partial charge in [0.25, 0.3) is 5.69 Å². The van der Waals surface area contributed by atoms with Crippen LogP contribution in [-0.4, -0.2) is 15.7 Å². The van der Waals surface area contributed by atoms with Gasteiger partial charge in [-0.2, -0.15) is 0 Å². The van der Waals surface area contributed by atoms with Gasteiger partial charge in [0.1, 0.15) is 5.84 Å². The molecule has 2 rings (SSSR count). The second-order valence-electron chi connectivity index (χ2n) is 3.89. The summed E-state index contributed by atoms with van der Waals surface area (Å²) in [5, 5.41) is 18.1. The number of hydrogen-bond donors (Lipinski definition) is 2. The molecule has 1 aromatic heterocycles. The maximum atomic E-state index is 10.8. The summed E-state index contributed by atoms with van der Waals surface area (Å²) < 4.78 is 6.39. The van der Waals surface area contributed by atoms with Crippen LogP contribution in [0.2, 0.25) is 0 Å². The molecule has 0 saturated carbocycles. The van der Waals surface area contributed by atoms with Crippen LogP contribution in [0.15, 0.2) is 39.4 Å². The molecule has 0 aliphatic rings. The predicted octanol–water partition coefficient (Wildman–Crippen LogP) is 3.59. The van der Waals surface area contributed by atoms with Crippen molar-refractivity contribution in [3.63, 3.8) is 0 Å². The van der Waals surface area contributed by atoms with Crippen LogP contribution in [0, 0.1) is 15.5 Å². The van der Waals surface area contributed by atoms with Crippen molar-refractivity contribution in [2.45, 2.75) is 0 Å². The molecule has 0 unspecified atom stereocenters. The Morgan fingerprint density at radius 2 is 1.95 bits per heavy atom. The van der Waals surface area contributed by atoms with Gasteiger partial charge in [-0.05, 0) is 37.9 Å². The van der Waals surface area contributed by atoms with Crippen LogP contribution in [-0.2, 0) is 0 Å². The van der Waals surface area contributed by atoms with Crippen molar-refractivity contribution < 1.29 is 9.66 Å². The summed E-state index contributed by atoms with van der Waals surface area (Å²) in [6.07, 6.45) is 1.46. The number of nitro benzene ring substituents is 1. The number of amidine groups is 1. The highest BCUT2D eigenvalue weighted by Gasteiger charge is 2.16. The summed E-state index contributed by atoms with van der Waals surface area (Å²) in [7, 11) is 0. The van der Waals surface area contributed by atoms with Crippen molar-refractivity contribution >= 4 is 43.4 Å². The van der Waals surface area contributed by atoms with Gasteiger partial charge in [0.15, 0.2) is 5.75 Å². The van der Waals surface area contributed by atoms with E-state index in [1.54, 1.807) is 6.07 Å². The van der Waals surface area contributed by atoms with Gasteiger partial charge in [-0.1, -0.05) is 0 Å². The number of nitrogens with zero attached hydrogens (tertiary/aromatic N) is 2. The second kappa shape index (κ2) is 6.19. The van der Waals surface area contributed by atoms with Crippen LogP contribution in [0.25, 0.3) is 0 Å². The molecule has 0 atom stereocenters. The van der Waals surface area contributed by atoms with E-state index in [9.17, 15) is 10.1 Å². The number of nitrogens with one attached hydrogen (secondary N) is 1. The van der Waals surface area contributed by atoms with Crippen molar-refractivity contribution in [3.8, 4) is 11.6 Å². The summed E-state index contributed by atoms with van der Waals surface area (Å²) in [4.78, 5) is 14.3. The first-order valence-electron chi connectivity index (χ1n) is 5.50. The molecule has 0 bridgehead atoms. The molecule has 0 amide bonds. The maximum absolute atomic E-state index is 10.8. The Morgan fingerprint density at radius 3 is 2.48 bits per heavy atom. The Labute approximate surface area is 136 Å². The van der Waals surface area contributed by atoms with Gasteiger partial charge in [0, 0.05) is 30.0 Å². The molecular weight excluding hydrogens is 408 g/mol. The maximum Gasteiger partial charge on any atom is 0.271 e. The zero-order valence-corrected chi connectivity index (χ0v) is 13.5. The molecule has 0 radical (unpaired) electrons. The third-order valence-corrected chi connectivity index (χ3v) is 3.62.